The van der Waals surface area contributed by atoms with Crippen LogP contribution in [0, 0.1) is 6.92 Å². The third-order valence-electron chi connectivity index (χ3n) is 2.23. The fourth-order valence-electron chi connectivity index (χ4n) is 1.36. The van der Waals surface area contributed by atoms with E-state index >= 15 is 0 Å². The molecule has 1 N–H and O–H groups in total. The van der Waals surface area contributed by atoms with E-state index in [1.165, 1.54) is 16.8 Å². The van der Waals surface area contributed by atoms with E-state index < -0.39 is 0 Å². The summed E-state index contributed by atoms with van der Waals surface area (Å²) in [5.74, 6) is 0. The predicted molar refractivity (Wildman–Crippen MR) is 61.5 cm³/mol. The van der Waals surface area contributed by atoms with E-state index in [0.717, 1.165) is 0 Å². The Morgan fingerprint density at radius 2 is 1.77 bits per heavy atom. The molecule has 0 spiro atoms. The van der Waals surface area contributed by atoms with E-state index in [-0.39, 0.29) is 6.84 Å². The average molecular weight is 179 g/mol. The molecule has 0 aliphatic carbocycles. The number of aryl methyl sites for hydroxylation is 1. The maximum atomic E-state index is 3.18. The van der Waals surface area contributed by atoms with Crippen LogP contribution in [0.2, 0.25) is 0 Å². The summed E-state index contributed by atoms with van der Waals surface area (Å²) in [6.07, 6.45) is 0. The van der Waals surface area contributed by atoms with Crippen molar-refractivity contribution in [2.75, 3.05) is 12.4 Å². The van der Waals surface area contributed by atoms with Gasteiger partial charge in [0.15, 0.2) is 0 Å². The quantitative estimate of drug-likeness (QED) is 0.695. The van der Waals surface area contributed by atoms with Gasteiger partial charge in [-0.1, -0.05) is 26.8 Å². The zero-order valence-corrected chi connectivity index (χ0v) is 9.23. The summed E-state index contributed by atoms with van der Waals surface area (Å²) in [5, 5.41) is 3.18. The van der Waals surface area contributed by atoms with Gasteiger partial charge in [0.25, 0.3) is 0 Å². The Labute approximate surface area is 82.7 Å². The molecule has 0 bridgehead atoms. The summed E-state index contributed by atoms with van der Waals surface area (Å²) in [5.41, 5.74) is 4.14. The van der Waals surface area contributed by atoms with Gasteiger partial charge in [-0.2, -0.15) is 0 Å². The van der Waals surface area contributed by atoms with Crippen LogP contribution in [0.15, 0.2) is 18.2 Å². The highest BCUT2D eigenvalue weighted by molar-refractivity contribution is 5.49. The van der Waals surface area contributed by atoms with Crippen molar-refractivity contribution >= 4 is 5.69 Å². The Bertz CT molecular complexity index is 300. The zero-order chi connectivity index (χ0) is 10.1. The average Bonchev–Trinajstić information content (AvgIpc) is 2.01. The van der Waals surface area contributed by atoms with Crippen molar-refractivity contribution < 1.29 is 1.43 Å². The Morgan fingerprint density at radius 1 is 1.15 bits per heavy atom. The lowest BCUT2D eigenvalue weighted by Crippen LogP contribution is -2.11. The maximum absolute atomic E-state index is 3.18. The highest BCUT2D eigenvalue weighted by Gasteiger charge is 2.14. The molecule has 0 atom stereocenters. The lowest BCUT2D eigenvalue weighted by atomic mass is 9.86. The summed E-state index contributed by atoms with van der Waals surface area (Å²) < 4.78 is 0. The normalized spacial score (nSPS) is 11.5. The number of rotatable bonds is 1. The lowest BCUT2D eigenvalue weighted by Gasteiger charge is -2.20. The van der Waals surface area contributed by atoms with Crippen LogP contribution in [0.4, 0.5) is 5.69 Å². The van der Waals surface area contributed by atoms with Gasteiger partial charge in [0.05, 0.1) is 0 Å². The molecule has 0 unspecified atom stereocenters. The van der Waals surface area contributed by atoms with E-state index in [9.17, 15) is 0 Å². The van der Waals surface area contributed by atoms with Crippen molar-refractivity contribution in [1.82, 2.24) is 0 Å². The first kappa shape index (κ1) is 10.1. The van der Waals surface area contributed by atoms with Crippen molar-refractivity contribution in [3.05, 3.63) is 29.3 Å². The second kappa shape index (κ2) is 3.41. The smallest absolute Gasteiger partial charge is 0.0343 e. The van der Waals surface area contributed by atoms with Gasteiger partial charge in [-0.05, 0) is 35.6 Å². The third-order valence-corrected chi connectivity index (χ3v) is 2.23. The summed E-state index contributed by atoms with van der Waals surface area (Å²) in [6, 6.07) is 6.63. The highest BCUT2D eigenvalue weighted by Crippen LogP contribution is 2.25. The second-order valence-electron chi connectivity index (χ2n) is 4.59. The molecule has 0 fully saturated rings. The molecule has 1 aromatic rings. The Balaban J connectivity index is 0.00000169. The van der Waals surface area contributed by atoms with E-state index in [4.69, 9.17) is 0 Å². The Morgan fingerprint density at radius 3 is 2.23 bits per heavy atom. The molecule has 1 heteroatoms. The van der Waals surface area contributed by atoms with Crippen LogP contribution >= 0.6 is 0 Å². The molecule has 0 saturated carbocycles. The van der Waals surface area contributed by atoms with Crippen LogP contribution in [0.5, 0.6) is 0 Å². The minimum atomic E-state index is 0. The molecule has 0 radical (unpaired) electrons. The molecule has 0 amide bonds. The molecule has 1 aromatic carbocycles. The van der Waals surface area contributed by atoms with Crippen LogP contribution in [-0.4, -0.2) is 7.05 Å². The second-order valence-corrected chi connectivity index (χ2v) is 4.59. The Kier molecular flexibility index (Phi) is 2.65. The molecule has 74 valence electrons. The Hall–Kier alpha value is -0.980. The molecule has 1 nitrogen and oxygen atoms in total. The third kappa shape index (κ3) is 2.48. The number of hydrogen-bond donors (Lipinski definition) is 1. The van der Waals surface area contributed by atoms with E-state index in [0.29, 0.717) is 0 Å². The van der Waals surface area contributed by atoms with Crippen LogP contribution in [0.3, 0.4) is 0 Å². The number of nitrogens with one attached hydrogen (secondary N) is 1. The molecule has 0 aliphatic rings. The van der Waals surface area contributed by atoms with Gasteiger partial charge in [0.2, 0.25) is 0 Å². The standard InChI is InChI=1S/C12H19N.H2/c1-9-6-10(12(2,3)4)8-11(7-9)13-5;/h6-8,13H,1-5H3;1H. The molecule has 13 heavy (non-hydrogen) atoms. The molecule has 0 heterocycles. The zero-order valence-electron chi connectivity index (χ0n) is 9.23. The molecule has 0 saturated heterocycles. The number of anilines is 1. The van der Waals surface area contributed by atoms with Gasteiger partial charge in [-0.15, -0.1) is 0 Å². The largest absolute Gasteiger partial charge is 0.388 e. The minimum Gasteiger partial charge on any atom is -0.388 e. The molecular weight excluding hydrogens is 158 g/mol. The van der Waals surface area contributed by atoms with E-state index in [2.05, 4.69) is 51.2 Å². The monoisotopic (exact) mass is 179 g/mol. The van der Waals surface area contributed by atoms with Crippen LogP contribution in [-0.2, 0) is 5.41 Å². The first-order valence-electron chi connectivity index (χ1n) is 4.73. The number of hydrogen-bond acceptors (Lipinski definition) is 1. The van der Waals surface area contributed by atoms with Crippen molar-refractivity contribution in [2.24, 2.45) is 0 Å². The highest BCUT2D eigenvalue weighted by atomic mass is 14.8. The predicted octanol–water partition coefficient (Wildman–Crippen LogP) is 3.58. The number of benzene rings is 1. The lowest BCUT2D eigenvalue weighted by molar-refractivity contribution is 0.590. The van der Waals surface area contributed by atoms with Gasteiger partial charge in [0.1, 0.15) is 0 Å². The van der Waals surface area contributed by atoms with Crippen LogP contribution < -0.4 is 5.32 Å². The van der Waals surface area contributed by atoms with Gasteiger partial charge in [0, 0.05) is 14.2 Å². The van der Waals surface area contributed by atoms with Crippen molar-refractivity contribution in [3.8, 4) is 0 Å². The first-order chi connectivity index (χ1) is 5.93. The fraction of sp³-hybridized carbons (Fsp3) is 0.500. The van der Waals surface area contributed by atoms with Crippen molar-refractivity contribution in [3.63, 3.8) is 0 Å². The van der Waals surface area contributed by atoms with Crippen LogP contribution in [0.1, 0.15) is 33.3 Å². The van der Waals surface area contributed by atoms with Crippen molar-refractivity contribution in [2.45, 2.75) is 33.1 Å². The molecule has 1 rings (SSSR count). The minimum absolute atomic E-state index is 0. The molecule has 0 aliphatic heterocycles. The summed E-state index contributed by atoms with van der Waals surface area (Å²) >= 11 is 0. The SMILES string of the molecule is CNc1cc(C)cc(C(C)(C)C)c1.[HH]. The van der Waals surface area contributed by atoms with Gasteiger partial charge in [-0.3, -0.25) is 0 Å². The van der Waals surface area contributed by atoms with E-state index in [1.807, 2.05) is 7.05 Å². The topological polar surface area (TPSA) is 12.0 Å². The van der Waals surface area contributed by atoms with E-state index in [1.54, 1.807) is 0 Å². The summed E-state index contributed by atoms with van der Waals surface area (Å²) in [7, 11) is 1.96. The van der Waals surface area contributed by atoms with Gasteiger partial charge in [-0.25, -0.2) is 0 Å². The van der Waals surface area contributed by atoms with Crippen molar-refractivity contribution in [1.29, 1.82) is 0 Å². The first-order valence-corrected chi connectivity index (χ1v) is 4.73. The fourth-order valence-corrected chi connectivity index (χ4v) is 1.36. The summed E-state index contributed by atoms with van der Waals surface area (Å²) in [6.45, 7) is 8.85. The molecule has 0 aromatic heterocycles. The van der Waals surface area contributed by atoms with Gasteiger partial charge < -0.3 is 5.32 Å². The maximum Gasteiger partial charge on any atom is 0.0343 e. The van der Waals surface area contributed by atoms with Crippen LogP contribution in [0.25, 0.3) is 0 Å². The van der Waals surface area contributed by atoms with Gasteiger partial charge >= 0.3 is 0 Å². The molecular formula is C12H21N. The summed E-state index contributed by atoms with van der Waals surface area (Å²) in [4.78, 5) is 0.